The van der Waals surface area contributed by atoms with Gasteiger partial charge in [0.2, 0.25) is 5.91 Å². The molecule has 0 aliphatic carbocycles. The van der Waals surface area contributed by atoms with Gasteiger partial charge in [-0.25, -0.2) is 0 Å². The Morgan fingerprint density at radius 3 is 2.12 bits per heavy atom. The van der Waals surface area contributed by atoms with Crippen LogP contribution in [0.3, 0.4) is 0 Å². The summed E-state index contributed by atoms with van der Waals surface area (Å²) in [7, 11) is 1.70. The maximum absolute atomic E-state index is 11.8. The van der Waals surface area contributed by atoms with Gasteiger partial charge in [0.15, 0.2) is 0 Å². The molecule has 1 amide bonds. The number of carbonyl (C=O) groups excluding carboxylic acids is 1. The first-order chi connectivity index (χ1) is 8.01. The number of hydrogen-bond acceptors (Lipinski definition) is 2. The molecule has 0 saturated carbocycles. The van der Waals surface area contributed by atoms with Crippen LogP contribution in [-0.2, 0) is 9.53 Å². The first kappa shape index (κ1) is 18.8. The third-order valence-corrected chi connectivity index (χ3v) is 2.30. The van der Waals surface area contributed by atoms with Crippen molar-refractivity contribution < 1.29 is 9.53 Å². The number of nitrogens with zero attached hydrogens (tertiary/aromatic N) is 1. The van der Waals surface area contributed by atoms with Crippen molar-refractivity contribution in [2.75, 3.05) is 26.8 Å². The van der Waals surface area contributed by atoms with Crippen molar-refractivity contribution in [3.8, 4) is 0 Å². The van der Waals surface area contributed by atoms with Gasteiger partial charge < -0.3 is 9.64 Å². The van der Waals surface area contributed by atoms with E-state index >= 15 is 0 Å². The minimum Gasteiger partial charge on any atom is -0.384 e. The summed E-state index contributed by atoms with van der Waals surface area (Å²) in [5, 5.41) is 0. The van der Waals surface area contributed by atoms with Crippen molar-refractivity contribution >= 4 is 5.91 Å². The Morgan fingerprint density at radius 1 is 1.24 bits per heavy atom. The molecule has 0 radical (unpaired) electrons. The number of amides is 1. The van der Waals surface area contributed by atoms with Crippen LogP contribution in [0, 0.1) is 11.8 Å². The standard InChI is InChI=1S/C12H25NO2.C2H6/c1-6-13(8-11(4)9-15-5)12(14)7-10(2)3;1-2/h10-11H,6-9H2,1-5H3;1-2H3. The van der Waals surface area contributed by atoms with E-state index in [4.69, 9.17) is 4.74 Å². The van der Waals surface area contributed by atoms with Gasteiger partial charge in [0.25, 0.3) is 0 Å². The van der Waals surface area contributed by atoms with Crippen LogP contribution in [0.15, 0.2) is 0 Å². The van der Waals surface area contributed by atoms with Crippen LogP contribution in [0.2, 0.25) is 0 Å². The molecule has 0 rings (SSSR count). The predicted molar refractivity (Wildman–Crippen MR) is 74.1 cm³/mol. The summed E-state index contributed by atoms with van der Waals surface area (Å²) in [6.07, 6.45) is 0.646. The SMILES string of the molecule is CC.CCN(CC(C)COC)C(=O)CC(C)C. The summed E-state index contributed by atoms with van der Waals surface area (Å²) < 4.78 is 5.07. The highest BCUT2D eigenvalue weighted by atomic mass is 16.5. The number of rotatable bonds is 7. The lowest BCUT2D eigenvalue weighted by molar-refractivity contribution is -0.132. The molecule has 0 aliphatic rings. The Labute approximate surface area is 108 Å². The van der Waals surface area contributed by atoms with Gasteiger partial charge in [-0.3, -0.25) is 4.79 Å². The van der Waals surface area contributed by atoms with E-state index in [0.717, 1.165) is 13.1 Å². The zero-order valence-electron chi connectivity index (χ0n) is 12.7. The Hall–Kier alpha value is -0.570. The van der Waals surface area contributed by atoms with Gasteiger partial charge in [-0.2, -0.15) is 0 Å². The fraction of sp³-hybridized carbons (Fsp3) is 0.929. The Morgan fingerprint density at radius 2 is 1.76 bits per heavy atom. The third-order valence-electron chi connectivity index (χ3n) is 2.30. The van der Waals surface area contributed by atoms with Crippen LogP contribution >= 0.6 is 0 Å². The molecule has 0 aromatic carbocycles. The number of hydrogen-bond donors (Lipinski definition) is 0. The van der Waals surface area contributed by atoms with Crippen LogP contribution < -0.4 is 0 Å². The zero-order valence-corrected chi connectivity index (χ0v) is 12.7. The van der Waals surface area contributed by atoms with Gasteiger partial charge in [0.05, 0.1) is 6.61 Å². The first-order valence-electron chi connectivity index (χ1n) is 6.77. The van der Waals surface area contributed by atoms with Crippen molar-refractivity contribution in [1.29, 1.82) is 0 Å². The molecule has 104 valence electrons. The molecular weight excluding hydrogens is 214 g/mol. The van der Waals surface area contributed by atoms with Gasteiger partial charge in [-0.1, -0.05) is 34.6 Å². The molecule has 1 unspecified atom stereocenters. The van der Waals surface area contributed by atoms with Crippen molar-refractivity contribution in [2.24, 2.45) is 11.8 Å². The molecular formula is C14H31NO2. The Bertz CT molecular complexity index is 181. The molecule has 0 saturated heterocycles. The highest BCUT2D eigenvalue weighted by Crippen LogP contribution is 2.07. The summed E-state index contributed by atoms with van der Waals surface area (Å²) in [5.41, 5.74) is 0. The lowest BCUT2D eigenvalue weighted by Crippen LogP contribution is -2.36. The van der Waals surface area contributed by atoms with Crippen molar-refractivity contribution in [3.63, 3.8) is 0 Å². The summed E-state index contributed by atoms with van der Waals surface area (Å²) in [6.45, 7) is 14.6. The van der Waals surface area contributed by atoms with E-state index in [1.807, 2.05) is 25.7 Å². The molecule has 0 spiro atoms. The van der Waals surface area contributed by atoms with Gasteiger partial charge in [0, 0.05) is 26.6 Å². The fourth-order valence-electron chi connectivity index (χ4n) is 1.60. The predicted octanol–water partition coefficient (Wildman–Crippen LogP) is 3.19. The quantitative estimate of drug-likeness (QED) is 0.689. The second kappa shape index (κ2) is 11.9. The number of carbonyl (C=O) groups is 1. The first-order valence-corrected chi connectivity index (χ1v) is 6.77. The lowest BCUT2D eigenvalue weighted by atomic mass is 10.1. The molecule has 0 bridgehead atoms. The van der Waals surface area contributed by atoms with Crippen LogP contribution in [-0.4, -0.2) is 37.6 Å². The zero-order chi connectivity index (χ0) is 13.8. The fourth-order valence-corrected chi connectivity index (χ4v) is 1.60. The van der Waals surface area contributed by atoms with E-state index in [9.17, 15) is 4.79 Å². The molecule has 0 fully saturated rings. The summed E-state index contributed by atoms with van der Waals surface area (Å²) in [4.78, 5) is 13.7. The molecule has 0 heterocycles. The second-order valence-corrected chi connectivity index (χ2v) is 4.59. The second-order valence-electron chi connectivity index (χ2n) is 4.59. The summed E-state index contributed by atoms with van der Waals surface area (Å²) in [5.74, 6) is 1.10. The summed E-state index contributed by atoms with van der Waals surface area (Å²) in [6, 6.07) is 0. The van der Waals surface area contributed by atoms with Gasteiger partial charge in [0.1, 0.15) is 0 Å². The minimum absolute atomic E-state index is 0.260. The van der Waals surface area contributed by atoms with E-state index in [2.05, 4.69) is 20.8 Å². The number of methoxy groups -OCH3 is 1. The monoisotopic (exact) mass is 245 g/mol. The highest BCUT2D eigenvalue weighted by Gasteiger charge is 2.15. The number of ether oxygens (including phenoxy) is 1. The van der Waals surface area contributed by atoms with Crippen molar-refractivity contribution in [3.05, 3.63) is 0 Å². The van der Waals surface area contributed by atoms with Crippen LogP contribution in [0.1, 0.15) is 48.0 Å². The summed E-state index contributed by atoms with van der Waals surface area (Å²) >= 11 is 0. The van der Waals surface area contributed by atoms with Gasteiger partial charge in [-0.05, 0) is 18.8 Å². The molecule has 1 atom stereocenters. The Kier molecular flexibility index (Phi) is 13.2. The highest BCUT2D eigenvalue weighted by molar-refractivity contribution is 5.76. The molecule has 0 N–H and O–H groups in total. The molecule has 3 heteroatoms. The average Bonchev–Trinajstić information content (AvgIpc) is 2.28. The topological polar surface area (TPSA) is 29.5 Å². The van der Waals surface area contributed by atoms with E-state index < -0.39 is 0 Å². The Balaban J connectivity index is 0. The maximum atomic E-state index is 11.8. The smallest absolute Gasteiger partial charge is 0.222 e. The van der Waals surface area contributed by atoms with Crippen LogP contribution in [0.4, 0.5) is 0 Å². The third kappa shape index (κ3) is 10.3. The van der Waals surface area contributed by atoms with Gasteiger partial charge >= 0.3 is 0 Å². The minimum atomic E-state index is 0.260. The molecule has 3 nitrogen and oxygen atoms in total. The molecule has 0 aliphatic heterocycles. The van der Waals surface area contributed by atoms with Crippen LogP contribution in [0.5, 0.6) is 0 Å². The van der Waals surface area contributed by atoms with Crippen molar-refractivity contribution in [2.45, 2.75) is 48.0 Å². The average molecular weight is 245 g/mol. The van der Waals surface area contributed by atoms with E-state index in [0.29, 0.717) is 24.9 Å². The van der Waals surface area contributed by atoms with Crippen LogP contribution in [0.25, 0.3) is 0 Å². The van der Waals surface area contributed by atoms with Gasteiger partial charge in [-0.15, -0.1) is 0 Å². The molecule has 0 aromatic rings. The van der Waals surface area contributed by atoms with Crippen molar-refractivity contribution in [1.82, 2.24) is 4.90 Å². The molecule has 0 aromatic heterocycles. The van der Waals surface area contributed by atoms with E-state index in [1.54, 1.807) is 7.11 Å². The normalized spacial score (nSPS) is 11.8. The van der Waals surface area contributed by atoms with E-state index in [-0.39, 0.29) is 5.91 Å². The van der Waals surface area contributed by atoms with E-state index in [1.165, 1.54) is 0 Å². The largest absolute Gasteiger partial charge is 0.384 e. The molecule has 17 heavy (non-hydrogen) atoms. The lowest BCUT2D eigenvalue weighted by Gasteiger charge is -2.25. The maximum Gasteiger partial charge on any atom is 0.222 e.